The minimum absolute atomic E-state index is 0.188. The van der Waals surface area contributed by atoms with Crippen molar-refractivity contribution in [2.45, 2.75) is 49.5 Å². The molecule has 3 rings (SSSR count). The van der Waals surface area contributed by atoms with Crippen LogP contribution in [0, 0.1) is 6.92 Å². The largest absolute Gasteiger partial charge is 0.433 e. The number of alkyl halides is 4. The number of nitrogens with zero attached hydrogens (tertiary/aromatic N) is 2. The second kappa shape index (κ2) is 10.7. The predicted octanol–water partition coefficient (Wildman–Crippen LogP) is 3.63. The highest BCUT2D eigenvalue weighted by molar-refractivity contribution is 7.93. The Bertz CT molecular complexity index is 1450. The van der Waals surface area contributed by atoms with Gasteiger partial charge in [0.2, 0.25) is 10.0 Å². The lowest BCUT2D eigenvalue weighted by molar-refractivity contribution is -0.141. The maximum absolute atomic E-state index is 15.4. The van der Waals surface area contributed by atoms with E-state index in [1.807, 2.05) is 0 Å². The number of sulfonamides is 1. The van der Waals surface area contributed by atoms with Gasteiger partial charge in [-0.05, 0) is 31.0 Å². The van der Waals surface area contributed by atoms with Gasteiger partial charge in [-0.2, -0.15) is 17.5 Å². The molecule has 1 saturated heterocycles. The first-order valence-electron chi connectivity index (χ1n) is 11.5. The number of pyridine rings is 1. The Morgan fingerprint density at radius 3 is 2.29 bits per heavy atom. The summed E-state index contributed by atoms with van der Waals surface area (Å²) in [6.45, 7) is 2.26. The molecule has 0 spiro atoms. The summed E-state index contributed by atoms with van der Waals surface area (Å²) in [6, 6.07) is 6.22. The highest BCUT2D eigenvalue weighted by Crippen LogP contribution is 2.38. The van der Waals surface area contributed by atoms with Crippen molar-refractivity contribution in [3.05, 3.63) is 59.3 Å². The Morgan fingerprint density at radius 1 is 1.13 bits per heavy atom. The van der Waals surface area contributed by atoms with Gasteiger partial charge in [-0.25, -0.2) is 21.2 Å². The van der Waals surface area contributed by atoms with Gasteiger partial charge in [0.1, 0.15) is 10.6 Å². The van der Waals surface area contributed by atoms with Crippen molar-refractivity contribution >= 4 is 25.8 Å². The summed E-state index contributed by atoms with van der Waals surface area (Å²) >= 11 is 0. The Morgan fingerprint density at radius 2 is 1.74 bits per heavy atom. The first-order chi connectivity index (χ1) is 17.4. The fourth-order valence-corrected chi connectivity index (χ4v) is 6.08. The van der Waals surface area contributed by atoms with E-state index in [-0.39, 0.29) is 11.1 Å². The molecule has 0 radical (unpaired) electrons. The minimum Gasteiger partial charge on any atom is -0.347 e. The molecule has 1 aliphatic heterocycles. The molecule has 1 N–H and O–H groups in total. The van der Waals surface area contributed by atoms with Crippen LogP contribution in [0.5, 0.6) is 0 Å². The summed E-state index contributed by atoms with van der Waals surface area (Å²) in [5, 5.41) is 3.23. The average molecular weight is 578 g/mol. The third kappa shape index (κ3) is 6.77. The predicted molar refractivity (Wildman–Crippen MR) is 133 cm³/mol. The van der Waals surface area contributed by atoms with E-state index in [9.17, 15) is 34.8 Å². The summed E-state index contributed by atoms with van der Waals surface area (Å²) in [6.07, 6.45) is -3.02. The van der Waals surface area contributed by atoms with E-state index in [0.29, 0.717) is 17.8 Å². The van der Waals surface area contributed by atoms with Crippen LogP contribution in [0.2, 0.25) is 0 Å². The quantitative estimate of drug-likeness (QED) is 0.503. The molecule has 14 heteroatoms. The number of hydrogen-bond donors (Lipinski definition) is 1. The number of amides is 1. The fraction of sp³-hybridized carbons (Fsp3) is 0.417. The normalized spacial score (nSPS) is 17.9. The second-order valence-corrected chi connectivity index (χ2v) is 13.0. The van der Waals surface area contributed by atoms with Crippen molar-refractivity contribution in [1.29, 1.82) is 0 Å². The minimum atomic E-state index is -4.81. The number of benzene rings is 1. The number of sulfone groups is 1. The van der Waals surface area contributed by atoms with Gasteiger partial charge in [0.15, 0.2) is 15.5 Å². The Balaban J connectivity index is 1.87. The number of carbonyl (C=O) groups is 1. The van der Waals surface area contributed by atoms with Gasteiger partial charge in [-0.15, -0.1) is 0 Å². The van der Waals surface area contributed by atoms with Gasteiger partial charge >= 0.3 is 6.18 Å². The number of halogens is 4. The van der Waals surface area contributed by atoms with Gasteiger partial charge in [-0.3, -0.25) is 9.78 Å². The number of nitrogens with one attached hydrogen (secondary N) is 1. The van der Waals surface area contributed by atoms with Gasteiger partial charge < -0.3 is 5.32 Å². The smallest absolute Gasteiger partial charge is 0.347 e. The van der Waals surface area contributed by atoms with Crippen LogP contribution in [0.15, 0.2) is 52.9 Å². The number of piperidine rings is 1. The summed E-state index contributed by atoms with van der Waals surface area (Å²) in [7, 11) is -7.87. The van der Waals surface area contributed by atoms with Gasteiger partial charge in [-0.1, -0.05) is 30.3 Å². The molecule has 1 fully saturated rings. The van der Waals surface area contributed by atoms with E-state index in [0.717, 1.165) is 16.0 Å². The van der Waals surface area contributed by atoms with Crippen molar-refractivity contribution in [2.24, 2.45) is 0 Å². The van der Waals surface area contributed by atoms with E-state index in [2.05, 4.69) is 10.3 Å². The highest BCUT2D eigenvalue weighted by Gasteiger charge is 2.45. The van der Waals surface area contributed by atoms with E-state index in [1.54, 1.807) is 25.1 Å². The Kier molecular flexibility index (Phi) is 8.39. The van der Waals surface area contributed by atoms with Crippen LogP contribution in [0.25, 0.3) is 11.1 Å². The molecule has 1 aliphatic rings. The van der Waals surface area contributed by atoms with Crippen molar-refractivity contribution in [2.75, 3.05) is 19.3 Å². The third-order valence-corrected chi connectivity index (χ3v) is 8.68. The van der Waals surface area contributed by atoms with Gasteiger partial charge in [0, 0.05) is 55.4 Å². The fourth-order valence-electron chi connectivity index (χ4n) is 3.98. The molecule has 2 heterocycles. The zero-order valence-electron chi connectivity index (χ0n) is 20.8. The first-order valence-corrected chi connectivity index (χ1v) is 14.8. The summed E-state index contributed by atoms with van der Waals surface area (Å²) in [4.78, 5) is 15.4. The molecule has 1 aromatic heterocycles. The molecule has 8 nitrogen and oxygen atoms in total. The van der Waals surface area contributed by atoms with E-state index < -0.39 is 80.2 Å². The van der Waals surface area contributed by atoms with Crippen molar-refractivity contribution in [3.8, 4) is 11.1 Å². The maximum Gasteiger partial charge on any atom is 0.433 e. The van der Waals surface area contributed by atoms with Crippen LogP contribution in [0.4, 0.5) is 17.6 Å². The Hall–Kier alpha value is -2.84. The van der Waals surface area contributed by atoms with E-state index in [1.165, 1.54) is 19.1 Å². The molecule has 0 saturated carbocycles. The number of aromatic nitrogens is 1. The summed E-state index contributed by atoms with van der Waals surface area (Å²) in [5.74, 6) is -1.02. The van der Waals surface area contributed by atoms with Crippen LogP contribution < -0.4 is 5.32 Å². The van der Waals surface area contributed by atoms with Crippen LogP contribution >= 0.6 is 0 Å². The lowest BCUT2D eigenvalue weighted by Crippen LogP contribution is -2.53. The van der Waals surface area contributed by atoms with Gasteiger partial charge in [0.25, 0.3) is 5.91 Å². The molecule has 0 unspecified atom stereocenters. The summed E-state index contributed by atoms with van der Waals surface area (Å²) in [5.41, 5.74) is -3.05. The van der Waals surface area contributed by atoms with E-state index in [4.69, 9.17) is 0 Å². The zero-order valence-corrected chi connectivity index (χ0v) is 22.4. The van der Waals surface area contributed by atoms with Crippen molar-refractivity contribution < 1.29 is 39.2 Å². The second-order valence-electron chi connectivity index (χ2n) is 9.17. The van der Waals surface area contributed by atoms with Gasteiger partial charge in [0.05, 0.1) is 0 Å². The van der Waals surface area contributed by atoms with Crippen LogP contribution in [-0.4, -0.2) is 63.1 Å². The highest BCUT2D eigenvalue weighted by atomic mass is 32.2. The lowest BCUT2D eigenvalue weighted by atomic mass is 9.93. The summed E-state index contributed by atoms with van der Waals surface area (Å²) < 4.78 is 106. The third-order valence-electron chi connectivity index (χ3n) is 6.11. The van der Waals surface area contributed by atoms with E-state index >= 15 is 4.39 Å². The van der Waals surface area contributed by atoms with Crippen LogP contribution in [-0.2, 0) is 30.8 Å². The average Bonchev–Trinajstić information content (AvgIpc) is 2.82. The SMILES string of the molecule is Cc1ccccc1-c1cc(C(F)(F)F)ncc1S(=O)(=O)N1CCC(F)(C(=O)N[C@@H](C)/C=C\S(C)(=O)=O)CC1. The number of carbonyl (C=O) groups excluding carboxylic acids is 1. The maximum atomic E-state index is 15.4. The number of aryl methyl sites for hydroxylation is 1. The molecule has 0 aliphatic carbocycles. The molecular formula is C24H27F4N3O5S2. The zero-order chi connectivity index (χ0) is 28.5. The monoisotopic (exact) mass is 577 g/mol. The number of rotatable bonds is 7. The van der Waals surface area contributed by atoms with Crippen molar-refractivity contribution in [1.82, 2.24) is 14.6 Å². The molecule has 1 amide bonds. The molecule has 38 heavy (non-hydrogen) atoms. The van der Waals surface area contributed by atoms with Crippen LogP contribution in [0.3, 0.4) is 0 Å². The van der Waals surface area contributed by atoms with Crippen LogP contribution in [0.1, 0.15) is 31.0 Å². The topological polar surface area (TPSA) is 114 Å². The molecule has 1 aromatic carbocycles. The molecule has 0 bridgehead atoms. The molecule has 2 aromatic rings. The Labute approximate surface area is 218 Å². The first kappa shape index (κ1) is 29.7. The molecule has 1 atom stereocenters. The number of hydrogen-bond acceptors (Lipinski definition) is 6. The standard InChI is InChI=1S/C24H27F4N3O5S2/c1-16-6-4-5-7-18(16)19-14-21(24(26,27)28)29-15-20(19)38(35,36)31-11-9-23(25,10-12-31)22(32)30-17(2)8-13-37(3,33)34/h4-8,13-15,17H,9-12H2,1-3H3,(H,30,32)/b13-8-/t17-/m0/s1. The van der Waals surface area contributed by atoms with Crippen molar-refractivity contribution in [3.63, 3.8) is 0 Å². The molecule has 208 valence electrons. The molecular weight excluding hydrogens is 550 g/mol. The lowest BCUT2D eigenvalue weighted by Gasteiger charge is -2.35.